The molecule has 10 heteroatoms. The SMILES string of the molecule is COc1ccc(-c2nnc(SCC(=O)N(C)CCOc3ccc(Cl)cc3)o2)cc1OC. The number of amides is 1. The maximum Gasteiger partial charge on any atom is 0.277 e. The van der Waals surface area contributed by atoms with Crippen molar-refractivity contribution in [2.75, 3.05) is 40.2 Å². The first kappa shape index (κ1) is 22.8. The summed E-state index contributed by atoms with van der Waals surface area (Å²) in [5.41, 5.74) is 0.694. The lowest BCUT2D eigenvalue weighted by Crippen LogP contribution is -2.32. The molecule has 8 nitrogen and oxygen atoms in total. The third-order valence-corrected chi connectivity index (χ3v) is 5.35. The number of likely N-dealkylation sites (N-methyl/N-ethyl adjacent to an activating group) is 1. The van der Waals surface area contributed by atoms with Gasteiger partial charge in [0.2, 0.25) is 11.8 Å². The van der Waals surface area contributed by atoms with E-state index in [-0.39, 0.29) is 11.7 Å². The molecule has 0 saturated carbocycles. The number of carbonyl (C=O) groups is 1. The molecule has 1 heterocycles. The average molecular weight is 464 g/mol. The molecule has 0 spiro atoms. The molecule has 0 aliphatic rings. The second-order valence-corrected chi connectivity index (χ2v) is 7.71. The summed E-state index contributed by atoms with van der Waals surface area (Å²) in [4.78, 5) is 13.9. The van der Waals surface area contributed by atoms with Crippen LogP contribution in [0.15, 0.2) is 52.1 Å². The Hall–Kier alpha value is -2.91. The minimum atomic E-state index is -0.0735. The normalized spacial score (nSPS) is 10.6. The van der Waals surface area contributed by atoms with Crippen molar-refractivity contribution in [2.45, 2.75) is 5.22 Å². The first-order chi connectivity index (χ1) is 15.0. The average Bonchev–Trinajstić information content (AvgIpc) is 3.27. The van der Waals surface area contributed by atoms with Crippen LogP contribution < -0.4 is 14.2 Å². The Balaban J connectivity index is 1.48. The highest BCUT2D eigenvalue weighted by Gasteiger charge is 2.15. The Morgan fingerprint density at radius 1 is 1.10 bits per heavy atom. The third-order valence-electron chi connectivity index (χ3n) is 4.29. The number of halogens is 1. The van der Waals surface area contributed by atoms with Gasteiger partial charge in [-0.05, 0) is 42.5 Å². The van der Waals surface area contributed by atoms with Gasteiger partial charge in [-0.3, -0.25) is 4.79 Å². The predicted molar refractivity (Wildman–Crippen MR) is 118 cm³/mol. The molecule has 0 saturated heterocycles. The molecule has 2 aromatic carbocycles. The summed E-state index contributed by atoms with van der Waals surface area (Å²) in [6, 6.07) is 12.4. The largest absolute Gasteiger partial charge is 0.493 e. The zero-order valence-corrected chi connectivity index (χ0v) is 18.9. The molecular formula is C21H22ClN3O5S. The van der Waals surface area contributed by atoms with Crippen LogP contribution in [0.5, 0.6) is 17.2 Å². The molecule has 3 rings (SSSR count). The van der Waals surface area contributed by atoms with Crippen LogP contribution in [0.4, 0.5) is 0 Å². The van der Waals surface area contributed by atoms with E-state index in [9.17, 15) is 4.79 Å². The molecule has 1 amide bonds. The van der Waals surface area contributed by atoms with E-state index in [4.69, 9.17) is 30.2 Å². The summed E-state index contributed by atoms with van der Waals surface area (Å²) in [5, 5.41) is 8.99. The van der Waals surface area contributed by atoms with Crippen LogP contribution in [0.3, 0.4) is 0 Å². The van der Waals surface area contributed by atoms with Gasteiger partial charge in [-0.2, -0.15) is 0 Å². The molecule has 0 N–H and O–H groups in total. The van der Waals surface area contributed by atoms with Gasteiger partial charge in [-0.25, -0.2) is 0 Å². The summed E-state index contributed by atoms with van der Waals surface area (Å²) in [7, 11) is 4.84. The zero-order valence-electron chi connectivity index (χ0n) is 17.3. The number of benzene rings is 2. The standard InChI is InChI=1S/C21H22ClN3O5S/c1-25(10-11-29-16-7-5-15(22)6-8-16)19(26)13-31-21-24-23-20(30-21)14-4-9-17(27-2)18(12-14)28-3/h4-9,12H,10-11,13H2,1-3H3. The molecule has 0 atom stereocenters. The lowest BCUT2D eigenvalue weighted by Gasteiger charge is -2.16. The molecular weight excluding hydrogens is 442 g/mol. The second-order valence-electron chi connectivity index (χ2n) is 6.35. The third kappa shape index (κ3) is 6.28. The molecule has 0 aliphatic heterocycles. The van der Waals surface area contributed by atoms with E-state index in [1.54, 1.807) is 68.6 Å². The molecule has 0 aliphatic carbocycles. The smallest absolute Gasteiger partial charge is 0.277 e. The van der Waals surface area contributed by atoms with E-state index < -0.39 is 0 Å². The maximum absolute atomic E-state index is 12.3. The van der Waals surface area contributed by atoms with Gasteiger partial charge in [0.25, 0.3) is 5.22 Å². The lowest BCUT2D eigenvalue weighted by atomic mass is 10.2. The summed E-state index contributed by atoms with van der Waals surface area (Å²) in [6.45, 7) is 0.821. The Morgan fingerprint density at radius 2 is 1.84 bits per heavy atom. The highest BCUT2D eigenvalue weighted by Crippen LogP contribution is 2.32. The van der Waals surface area contributed by atoms with Crippen LogP contribution in [-0.4, -0.2) is 61.2 Å². The van der Waals surface area contributed by atoms with Crippen molar-refractivity contribution in [1.82, 2.24) is 15.1 Å². The lowest BCUT2D eigenvalue weighted by molar-refractivity contribution is -0.127. The van der Waals surface area contributed by atoms with Crippen molar-refractivity contribution in [3.05, 3.63) is 47.5 Å². The molecule has 1 aromatic heterocycles. The number of hydrogen-bond acceptors (Lipinski definition) is 8. The first-order valence-electron chi connectivity index (χ1n) is 9.31. The van der Waals surface area contributed by atoms with Crippen molar-refractivity contribution in [3.8, 4) is 28.7 Å². The van der Waals surface area contributed by atoms with Crippen LogP contribution in [0.1, 0.15) is 0 Å². The molecule has 0 fully saturated rings. The second kappa shape index (κ2) is 10.9. The van der Waals surface area contributed by atoms with Crippen molar-refractivity contribution < 1.29 is 23.4 Å². The van der Waals surface area contributed by atoms with Gasteiger partial charge in [-0.15, -0.1) is 10.2 Å². The number of hydrogen-bond donors (Lipinski definition) is 0. The zero-order chi connectivity index (χ0) is 22.2. The van der Waals surface area contributed by atoms with Crippen molar-refractivity contribution in [2.24, 2.45) is 0 Å². The van der Waals surface area contributed by atoms with E-state index >= 15 is 0 Å². The fourth-order valence-corrected chi connectivity index (χ4v) is 3.37. The molecule has 164 valence electrons. The van der Waals surface area contributed by atoms with E-state index in [2.05, 4.69) is 10.2 Å². The highest BCUT2D eigenvalue weighted by molar-refractivity contribution is 7.99. The quantitative estimate of drug-likeness (QED) is 0.416. The monoisotopic (exact) mass is 463 g/mol. The summed E-state index contributed by atoms with van der Waals surface area (Å²) < 4.78 is 21.8. The van der Waals surface area contributed by atoms with Gasteiger partial charge in [0.05, 0.1) is 26.5 Å². The number of nitrogens with zero attached hydrogens (tertiary/aromatic N) is 3. The van der Waals surface area contributed by atoms with Crippen LogP contribution in [-0.2, 0) is 4.79 Å². The van der Waals surface area contributed by atoms with Gasteiger partial charge in [0.1, 0.15) is 12.4 Å². The first-order valence-corrected chi connectivity index (χ1v) is 10.7. The van der Waals surface area contributed by atoms with Gasteiger partial charge < -0.3 is 23.5 Å². The van der Waals surface area contributed by atoms with E-state index in [1.165, 1.54) is 11.8 Å². The van der Waals surface area contributed by atoms with E-state index in [1.807, 2.05) is 0 Å². The number of ether oxygens (including phenoxy) is 3. The number of rotatable bonds is 10. The van der Waals surface area contributed by atoms with Crippen LogP contribution >= 0.6 is 23.4 Å². The predicted octanol–water partition coefficient (Wildman–Crippen LogP) is 4.04. The van der Waals surface area contributed by atoms with Gasteiger partial charge >= 0.3 is 0 Å². The Kier molecular flexibility index (Phi) is 8.02. The van der Waals surface area contributed by atoms with Gasteiger partial charge in [-0.1, -0.05) is 23.4 Å². The van der Waals surface area contributed by atoms with Gasteiger partial charge in [0.15, 0.2) is 11.5 Å². The van der Waals surface area contributed by atoms with Crippen molar-refractivity contribution >= 4 is 29.3 Å². The van der Waals surface area contributed by atoms with E-state index in [0.29, 0.717) is 52.1 Å². The number of carbonyl (C=O) groups excluding carboxylic acids is 1. The minimum absolute atomic E-state index is 0.0735. The summed E-state index contributed by atoms with van der Waals surface area (Å²) in [5.74, 6) is 2.30. The van der Waals surface area contributed by atoms with E-state index in [0.717, 1.165) is 0 Å². The number of thioether (sulfide) groups is 1. The molecule has 0 radical (unpaired) electrons. The maximum atomic E-state index is 12.3. The Labute approximate surface area is 189 Å². The van der Waals surface area contributed by atoms with Crippen LogP contribution in [0.2, 0.25) is 5.02 Å². The fourth-order valence-electron chi connectivity index (χ4n) is 2.54. The minimum Gasteiger partial charge on any atom is -0.493 e. The van der Waals surface area contributed by atoms with Crippen molar-refractivity contribution in [1.29, 1.82) is 0 Å². The Bertz CT molecular complexity index is 1010. The summed E-state index contributed by atoms with van der Waals surface area (Å²) >= 11 is 7.03. The van der Waals surface area contributed by atoms with Crippen molar-refractivity contribution in [3.63, 3.8) is 0 Å². The number of methoxy groups -OCH3 is 2. The molecule has 0 unspecified atom stereocenters. The topological polar surface area (TPSA) is 86.9 Å². The highest BCUT2D eigenvalue weighted by atomic mass is 35.5. The van der Waals surface area contributed by atoms with Gasteiger partial charge in [0, 0.05) is 17.6 Å². The number of aromatic nitrogens is 2. The summed E-state index contributed by atoms with van der Waals surface area (Å²) in [6.07, 6.45) is 0. The fraction of sp³-hybridized carbons (Fsp3) is 0.286. The molecule has 3 aromatic rings. The molecule has 0 bridgehead atoms. The molecule has 31 heavy (non-hydrogen) atoms. The van der Waals surface area contributed by atoms with Crippen LogP contribution in [0.25, 0.3) is 11.5 Å². The van der Waals surface area contributed by atoms with Crippen LogP contribution in [0, 0.1) is 0 Å². The Morgan fingerprint density at radius 3 is 2.55 bits per heavy atom.